The molecule has 0 spiro atoms. The third-order valence-electron chi connectivity index (χ3n) is 3.59. The summed E-state index contributed by atoms with van der Waals surface area (Å²) in [5.41, 5.74) is 0. The van der Waals surface area contributed by atoms with Crippen LogP contribution in [0.4, 0.5) is 0 Å². The smallest absolute Gasteiger partial charge is 0.303 e. The van der Waals surface area contributed by atoms with E-state index in [9.17, 15) is 9.59 Å². The molecule has 0 rings (SSSR count). The molecule has 0 aliphatic rings. The zero-order valence-electron chi connectivity index (χ0n) is 13.6. The number of carbonyl (C=O) groups is 2. The molecule has 1 N–H and O–H groups in total. The van der Waals surface area contributed by atoms with Gasteiger partial charge in [-0.15, -0.1) is 0 Å². The van der Waals surface area contributed by atoms with Crippen molar-refractivity contribution in [2.75, 3.05) is 0 Å². The number of aliphatic carboxylic acids is 1. The minimum atomic E-state index is -0.733. The van der Waals surface area contributed by atoms with Gasteiger partial charge in [-0.1, -0.05) is 57.9 Å². The molecule has 0 saturated carbocycles. The van der Waals surface area contributed by atoms with Crippen molar-refractivity contribution in [1.29, 1.82) is 0 Å². The highest BCUT2D eigenvalue weighted by Gasteiger charge is 1.99. The monoisotopic (exact) mass is 296 g/mol. The lowest BCUT2D eigenvalue weighted by Gasteiger charge is -1.99. The summed E-state index contributed by atoms with van der Waals surface area (Å²) in [5, 5.41) is 8.50. The van der Waals surface area contributed by atoms with E-state index in [-0.39, 0.29) is 12.2 Å². The molecule has 0 saturated heterocycles. The number of hydrogen-bond acceptors (Lipinski definition) is 2. The Morgan fingerprint density at radius 1 is 0.810 bits per heavy atom. The molecule has 3 heteroatoms. The fraction of sp³-hybridized carbons (Fsp3) is 0.778. The van der Waals surface area contributed by atoms with Crippen LogP contribution in [0.5, 0.6) is 0 Å². The van der Waals surface area contributed by atoms with Crippen molar-refractivity contribution in [3.8, 4) is 0 Å². The van der Waals surface area contributed by atoms with Crippen LogP contribution in [0.2, 0.25) is 0 Å². The molecule has 0 amide bonds. The molecule has 0 atom stereocenters. The zero-order valence-corrected chi connectivity index (χ0v) is 13.6. The van der Waals surface area contributed by atoms with Gasteiger partial charge in [-0.25, -0.2) is 0 Å². The first-order valence-corrected chi connectivity index (χ1v) is 8.58. The van der Waals surface area contributed by atoms with E-state index in [1.54, 1.807) is 6.08 Å². The quantitative estimate of drug-likeness (QED) is 0.330. The van der Waals surface area contributed by atoms with E-state index < -0.39 is 5.97 Å². The average Bonchev–Trinajstić information content (AvgIpc) is 2.45. The summed E-state index contributed by atoms with van der Waals surface area (Å²) in [4.78, 5) is 21.9. The number of carboxylic acids is 1. The maximum absolute atomic E-state index is 11.6. The second-order valence-corrected chi connectivity index (χ2v) is 5.73. The van der Waals surface area contributed by atoms with Gasteiger partial charge in [0.1, 0.15) is 0 Å². The molecule has 0 unspecified atom stereocenters. The van der Waals surface area contributed by atoms with Crippen LogP contribution in [0.25, 0.3) is 0 Å². The average molecular weight is 296 g/mol. The maximum atomic E-state index is 11.6. The molecule has 0 aliphatic heterocycles. The third kappa shape index (κ3) is 16.8. The summed E-state index contributed by atoms with van der Waals surface area (Å²) in [6.45, 7) is 2.22. The normalized spacial score (nSPS) is 11.1. The van der Waals surface area contributed by atoms with Crippen LogP contribution in [0.15, 0.2) is 12.2 Å². The Kier molecular flexibility index (Phi) is 14.5. The first-order chi connectivity index (χ1) is 10.2. The van der Waals surface area contributed by atoms with Crippen LogP contribution < -0.4 is 0 Å². The van der Waals surface area contributed by atoms with Gasteiger partial charge in [-0.3, -0.25) is 9.59 Å². The van der Waals surface area contributed by atoms with Crippen molar-refractivity contribution >= 4 is 11.8 Å². The molecular weight excluding hydrogens is 264 g/mol. The second kappa shape index (κ2) is 15.3. The Morgan fingerprint density at radius 2 is 1.38 bits per heavy atom. The molecule has 0 fully saturated rings. The first kappa shape index (κ1) is 19.9. The maximum Gasteiger partial charge on any atom is 0.303 e. The van der Waals surface area contributed by atoms with Crippen molar-refractivity contribution in [2.24, 2.45) is 0 Å². The lowest BCUT2D eigenvalue weighted by atomic mass is 10.1. The minimum absolute atomic E-state index is 0.208. The van der Waals surface area contributed by atoms with E-state index in [1.807, 2.05) is 6.08 Å². The number of hydrogen-bond donors (Lipinski definition) is 1. The number of unbranched alkanes of at least 4 members (excludes halogenated alkanes) is 9. The Balaban J connectivity index is 3.32. The van der Waals surface area contributed by atoms with Gasteiger partial charge in [-0.2, -0.15) is 0 Å². The molecule has 0 aromatic heterocycles. The van der Waals surface area contributed by atoms with Gasteiger partial charge in [0.05, 0.1) is 0 Å². The third-order valence-corrected chi connectivity index (χ3v) is 3.59. The summed E-state index contributed by atoms with van der Waals surface area (Å²) in [7, 11) is 0. The topological polar surface area (TPSA) is 54.4 Å². The molecule has 0 aliphatic carbocycles. The standard InChI is InChI=1S/C18H32O3/c1-2-3-4-5-6-7-8-11-14-17(19)15-12-9-10-13-16-18(20)21/h11,14H,2-10,12-13,15-16H2,1H3,(H,20,21)/b14-11+. The number of ketones is 1. The first-order valence-electron chi connectivity index (χ1n) is 8.58. The highest BCUT2D eigenvalue weighted by atomic mass is 16.4. The van der Waals surface area contributed by atoms with Gasteiger partial charge in [-0.05, 0) is 31.8 Å². The summed E-state index contributed by atoms with van der Waals surface area (Å²) in [5.74, 6) is -0.525. The molecular formula is C18H32O3. The predicted molar refractivity (Wildman–Crippen MR) is 87.5 cm³/mol. The van der Waals surface area contributed by atoms with Crippen LogP contribution in [0, 0.1) is 0 Å². The van der Waals surface area contributed by atoms with Crippen LogP contribution >= 0.6 is 0 Å². The largest absolute Gasteiger partial charge is 0.481 e. The highest BCUT2D eigenvalue weighted by Crippen LogP contribution is 2.08. The lowest BCUT2D eigenvalue weighted by Crippen LogP contribution is -1.95. The van der Waals surface area contributed by atoms with Crippen molar-refractivity contribution < 1.29 is 14.7 Å². The molecule has 0 aromatic carbocycles. The van der Waals surface area contributed by atoms with E-state index in [4.69, 9.17) is 5.11 Å². The van der Waals surface area contributed by atoms with Crippen LogP contribution in [0.1, 0.15) is 90.4 Å². The van der Waals surface area contributed by atoms with Gasteiger partial charge >= 0.3 is 5.97 Å². The summed E-state index contributed by atoms with van der Waals surface area (Å²) < 4.78 is 0. The van der Waals surface area contributed by atoms with E-state index in [2.05, 4.69) is 6.92 Å². The summed E-state index contributed by atoms with van der Waals surface area (Å²) in [6, 6.07) is 0. The Hall–Kier alpha value is -1.12. The van der Waals surface area contributed by atoms with Gasteiger partial charge in [0, 0.05) is 12.8 Å². The van der Waals surface area contributed by atoms with Crippen LogP contribution in [-0.4, -0.2) is 16.9 Å². The molecule has 0 bridgehead atoms. The zero-order chi connectivity index (χ0) is 15.8. The number of rotatable bonds is 15. The van der Waals surface area contributed by atoms with Gasteiger partial charge in [0.2, 0.25) is 0 Å². The highest BCUT2D eigenvalue weighted by molar-refractivity contribution is 5.89. The molecule has 0 heterocycles. The molecule has 21 heavy (non-hydrogen) atoms. The number of carboxylic acid groups (broad SMARTS) is 1. The molecule has 0 aromatic rings. The van der Waals surface area contributed by atoms with Crippen molar-refractivity contribution in [3.63, 3.8) is 0 Å². The minimum Gasteiger partial charge on any atom is -0.481 e. The Labute approximate surface area is 129 Å². The lowest BCUT2D eigenvalue weighted by molar-refractivity contribution is -0.137. The van der Waals surface area contributed by atoms with E-state index in [0.29, 0.717) is 6.42 Å². The molecule has 3 nitrogen and oxygen atoms in total. The Bertz CT molecular complexity index is 295. The fourth-order valence-corrected chi connectivity index (χ4v) is 2.27. The van der Waals surface area contributed by atoms with E-state index in [0.717, 1.165) is 32.1 Å². The second-order valence-electron chi connectivity index (χ2n) is 5.73. The molecule has 0 radical (unpaired) electrons. The van der Waals surface area contributed by atoms with Crippen molar-refractivity contribution in [2.45, 2.75) is 90.4 Å². The van der Waals surface area contributed by atoms with E-state index in [1.165, 1.54) is 38.5 Å². The van der Waals surface area contributed by atoms with Gasteiger partial charge in [0.15, 0.2) is 5.78 Å². The van der Waals surface area contributed by atoms with Gasteiger partial charge in [0.25, 0.3) is 0 Å². The summed E-state index contributed by atoms with van der Waals surface area (Å²) >= 11 is 0. The van der Waals surface area contributed by atoms with Crippen molar-refractivity contribution in [1.82, 2.24) is 0 Å². The number of carbonyl (C=O) groups excluding carboxylic acids is 1. The number of allylic oxidation sites excluding steroid dienone is 2. The molecule has 122 valence electrons. The SMILES string of the molecule is CCCCCCCC/C=C/C(=O)CCCCCCC(=O)O. The van der Waals surface area contributed by atoms with Crippen LogP contribution in [-0.2, 0) is 9.59 Å². The fourth-order valence-electron chi connectivity index (χ4n) is 2.27. The van der Waals surface area contributed by atoms with Crippen molar-refractivity contribution in [3.05, 3.63) is 12.2 Å². The summed E-state index contributed by atoms with van der Waals surface area (Å²) in [6.07, 6.45) is 16.7. The van der Waals surface area contributed by atoms with E-state index >= 15 is 0 Å². The van der Waals surface area contributed by atoms with Crippen LogP contribution in [0.3, 0.4) is 0 Å². The van der Waals surface area contributed by atoms with Gasteiger partial charge < -0.3 is 5.11 Å². The predicted octanol–water partition coefficient (Wildman–Crippen LogP) is 5.29. The Morgan fingerprint density at radius 3 is 2.05 bits per heavy atom.